The fourth-order valence-electron chi connectivity index (χ4n) is 2.47. The van der Waals surface area contributed by atoms with Crippen LogP contribution >= 0.6 is 34.2 Å². The number of carbonyl (C=O) groups excluding carboxylic acids is 1. The Morgan fingerprint density at radius 1 is 1.07 bits per heavy atom. The van der Waals surface area contributed by atoms with Crippen molar-refractivity contribution in [3.8, 4) is 5.75 Å². The van der Waals surface area contributed by atoms with Gasteiger partial charge in [-0.2, -0.15) is 5.10 Å². The lowest BCUT2D eigenvalue weighted by Crippen LogP contribution is -2.25. The van der Waals surface area contributed by atoms with Crippen molar-refractivity contribution in [2.75, 3.05) is 11.9 Å². The number of hydrogen-bond acceptors (Lipinski definition) is 4. The number of nitrogens with one attached hydrogen (secondary N) is 2. The molecule has 0 aliphatic rings. The monoisotopic (exact) mass is 519 g/mol. The van der Waals surface area contributed by atoms with Crippen LogP contribution in [0.25, 0.3) is 0 Å². The molecule has 0 unspecified atom stereocenters. The van der Waals surface area contributed by atoms with Gasteiger partial charge in [0, 0.05) is 19.8 Å². The molecule has 0 aliphatic heterocycles. The maximum absolute atomic E-state index is 12.0. The first-order valence-electron chi connectivity index (χ1n) is 8.88. The molecule has 0 spiro atoms. The van der Waals surface area contributed by atoms with Crippen LogP contribution in [0.3, 0.4) is 0 Å². The second-order valence-electron chi connectivity index (χ2n) is 6.11. The SMILES string of the molecule is O=C(CNc1ccc(I)cc1)N/N=C/c1ccccc1OCc1cccc(Cl)c1. The third-order valence-electron chi connectivity index (χ3n) is 3.89. The Morgan fingerprint density at radius 2 is 1.86 bits per heavy atom. The van der Waals surface area contributed by atoms with Crippen LogP contribution in [0.4, 0.5) is 5.69 Å². The largest absolute Gasteiger partial charge is 0.488 e. The molecule has 29 heavy (non-hydrogen) atoms. The van der Waals surface area contributed by atoms with Crippen LogP contribution in [0.5, 0.6) is 5.75 Å². The van der Waals surface area contributed by atoms with Crippen LogP contribution in [0.15, 0.2) is 77.9 Å². The summed E-state index contributed by atoms with van der Waals surface area (Å²) in [6, 6.07) is 22.8. The summed E-state index contributed by atoms with van der Waals surface area (Å²) in [5.74, 6) is 0.430. The number of ether oxygens (including phenoxy) is 1. The summed E-state index contributed by atoms with van der Waals surface area (Å²) in [5, 5.41) is 7.75. The zero-order chi connectivity index (χ0) is 20.5. The van der Waals surface area contributed by atoms with Crippen LogP contribution in [-0.4, -0.2) is 18.7 Å². The Morgan fingerprint density at radius 3 is 2.66 bits per heavy atom. The quantitative estimate of drug-likeness (QED) is 0.248. The molecule has 0 heterocycles. The molecule has 0 aliphatic carbocycles. The number of nitrogens with zero attached hydrogens (tertiary/aromatic N) is 1. The first kappa shape index (κ1) is 21.1. The predicted molar refractivity (Wildman–Crippen MR) is 126 cm³/mol. The molecule has 3 aromatic carbocycles. The normalized spacial score (nSPS) is 10.7. The molecule has 0 fully saturated rings. The van der Waals surface area contributed by atoms with Crippen molar-refractivity contribution in [1.29, 1.82) is 0 Å². The number of hydrogen-bond donors (Lipinski definition) is 2. The molecule has 5 nitrogen and oxygen atoms in total. The summed E-state index contributed by atoms with van der Waals surface area (Å²) >= 11 is 8.24. The summed E-state index contributed by atoms with van der Waals surface area (Å²) < 4.78 is 7.01. The molecule has 3 rings (SSSR count). The maximum Gasteiger partial charge on any atom is 0.259 e. The van der Waals surface area contributed by atoms with E-state index in [2.05, 4.69) is 38.4 Å². The number of carbonyl (C=O) groups is 1. The minimum atomic E-state index is -0.239. The highest BCUT2D eigenvalue weighted by atomic mass is 127. The molecular weight excluding hydrogens is 501 g/mol. The Kier molecular flexibility index (Phi) is 7.89. The number of amides is 1. The van der Waals surface area contributed by atoms with Crippen LogP contribution in [0, 0.1) is 3.57 Å². The Bertz CT molecular complexity index is 993. The number of halogens is 2. The lowest BCUT2D eigenvalue weighted by molar-refractivity contribution is -0.119. The standard InChI is InChI=1S/C22H19ClIN3O2/c23-18-6-3-4-16(12-18)15-29-21-7-2-1-5-17(21)13-26-27-22(28)14-25-20-10-8-19(24)9-11-20/h1-13,25H,14-15H2,(H,27,28)/b26-13+. The van der Waals surface area contributed by atoms with Crippen LogP contribution in [-0.2, 0) is 11.4 Å². The van der Waals surface area contributed by atoms with Gasteiger partial charge in [0.1, 0.15) is 12.4 Å². The van der Waals surface area contributed by atoms with E-state index in [1.807, 2.05) is 72.8 Å². The smallest absolute Gasteiger partial charge is 0.259 e. The van der Waals surface area contributed by atoms with E-state index < -0.39 is 0 Å². The molecular formula is C22H19ClIN3O2. The fourth-order valence-corrected chi connectivity index (χ4v) is 3.04. The van der Waals surface area contributed by atoms with Gasteiger partial charge in [0.25, 0.3) is 5.91 Å². The van der Waals surface area contributed by atoms with Crippen LogP contribution in [0.2, 0.25) is 5.02 Å². The van der Waals surface area contributed by atoms with Crippen molar-refractivity contribution < 1.29 is 9.53 Å². The van der Waals surface area contributed by atoms with Gasteiger partial charge < -0.3 is 10.1 Å². The molecule has 0 aromatic heterocycles. The van der Waals surface area contributed by atoms with E-state index in [-0.39, 0.29) is 12.5 Å². The zero-order valence-electron chi connectivity index (χ0n) is 15.4. The summed E-state index contributed by atoms with van der Waals surface area (Å²) in [6.45, 7) is 0.516. The van der Waals surface area contributed by atoms with Crippen molar-refractivity contribution >= 4 is 52.0 Å². The maximum atomic E-state index is 12.0. The summed E-state index contributed by atoms with van der Waals surface area (Å²) in [6.07, 6.45) is 1.57. The summed E-state index contributed by atoms with van der Waals surface area (Å²) in [5.41, 5.74) is 5.13. The minimum absolute atomic E-state index is 0.130. The van der Waals surface area contributed by atoms with E-state index in [4.69, 9.17) is 16.3 Å². The van der Waals surface area contributed by atoms with Crippen molar-refractivity contribution in [3.63, 3.8) is 0 Å². The number of para-hydroxylation sites is 1. The molecule has 7 heteroatoms. The summed E-state index contributed by atoms with van der Waals surface area (Å²) in [7, 11) is 0. The Labute approximate surface area is 188 Å². The van der Waals surface area contributed by atoms with Crippen molar-refractivity contribution in [2.45, 2.75) is 6.61 Å². The highest BCUT2D eigenvalue weighted by molar-refractivity contribution is 14.1. The summed E-state index contributed by atoms with van der Waals surface area (Å²) in [4.78, 5) is 12.0. The number of hydrazone groups is 1. The van der Waals surface area contributed by atoms with Gasteiger partial charge in [0.05, 0.1) is 12.8 Å². The van der Waals surface area contributed by atoms with Gasteiger partial charge in [0.15, 0.2) is 0 Å². The first-order valence-corrected chi connectivity index (χ1v) is 10.3. The third kappa shape index (κ3) is 7.07. The van der Waals surface area contributed by atoms with Gasteiger partial charge in [0.2, 0.25) is 0 Å². The van der Waals surface area contributed by atoms with E-state index in [9.17, 15) is 4.79 Å². The van der Waals surface area contributed by atoms with Crippen LogP contribution in [0.1, 0.15) is 11.1 Å². The molecule has 148 valence electrons. The van der Waals surface area contributed by atoms with Gasteiger partial charge in [-0.15, -0.1) is 0 Å². The molecule has 1 amide bonds. The highest BCUT2D eigenvalue weighted by Gasteiger charge is 2.03. The van der Waals surface area contributed by atoms with Crippen molar-refractivity contribution in [1.82, 2.24) is 5.43 Å². The second kappa shape index (κ2) is 10.8. The van der Waals surface area contributed by atoms with E-state index in [0.29, 0.717) is 17.4 Å². The van der Waals surface area contributed by atoms with E-state index >= 15 is 0 Å². The minimum Gasteiger partial charge on any atom is -0.488 e. The highest BCUT2D eigenvalue weighted by Crippen LogP contribution is 2.19. The van der Waals surface area contributed by atoms with Gasteiger partial charge in [-0.3, -0.25) is 4.79 Å². The molecule has 2 N–H and O–H groups in total. The molecule has 0 radical (unpaired) electrons. The molecule has 0 bridgehead atoms. The average molecular weight is 520 g/mol. The molecule has 0 atom stereocenters. The second-order valence-corrected chi connectivity index (χ2v) is 7.79. The number of anilines is 1. The lowest BCUT2D eigenvalue weighted by atomic mass is 10.2. The lowest BCUT2D eigenvalue weighted by Gasteiger charge is -2.09. The molecule has 0 saturated heterocycles. The Hall–Kier alpha value is -2.58. The zero-order valence-corrected chi connectivity index (χ0v) is 18.4. The van der Waals surface area contributed by atoms with Gasteiger partial charge in [-0.1, -0.05) is 35.9 Å². The van der Waals surface area contributed by atoms with Crippen molar-refractivity contribution in [2.24, 2.45) is 5.10 Å². The van der Waals surface area contributed by atoms with Gasteiger partial charge in [-0.25, -0.2) is 5.43 Å². The van der Waals surface area contributed by atoms with Crippen molar-refractivity contribution in [3.05, 3.63) is 92.5 Å². The average Bonchev–Trinajstić information content (AvgIpc) is 2.73. The number of rotatable bonds is 8. The topological polar surface area (TPSA) is 62.7 Å². The fraction of sp³-hybridized carbons (Fsp3) is 0.0909. The predicted octanol–water partition coefficient (Wildman–Crippen LogP) is 5.09. The van der Waals surface area contributed by atoms with E-state index in [0.717, 1.165) is 20.4 Å². The van der Waals surface area contributed by atoms with E-state index in [1.54, 1.807) is 6.21 Å². The third-order valence-corrected chi connectivity index (χ3v) is 4.85. The van der Waals surface area contributed by atoms with E-state index in [1.165, 1.54) is 0 Å². The molecule has 3 aromatic rings. The van der Waals surface area contributed by atoms with Gasteiger partial charge >= 0.3 is 0 Å². The van der Waals surface area contributed by atoms with Crippen LogP contribution < -0.4 is 15.5 Å². The number of benzene rings is 3. The Balaban J connectivity index is 1.52. The molecule has 0 saturated carbocycles. The first-order chi connectivity index (χ1) is 14.1. The van der Waals surface area contributed by atoms with Gasteiger partial charge in [-0.05, 0) is 76.7 Å².